The number of nitrogens with one attached hydrogen (secondary N) is 1. The summed E-state index contributed by atoms with van der Waals surface area (Å²) in [7, 11) is 0. The number of hydrogen-bond acceptors (Lipinski definition) is 5. The van der Waals surface area contributed by atoms with Crippen molar-refractivity contribution >= 4 is 17.3 Å². The second-order valence-corrected chi connectivity index (χ2v) is 4.86. The highest BCUT2D eigenvalue weighted by molar-refractivity contribution is 6.29. The third kappa shape index (κ3) is 4.97. The van der Waals surface area contributed by atoms with Crippen LogP contribution in [0.2, 0.25) is 5.15 Å². The van der Waals surface area contributed by atoms with E-state index in [2.05, 4.69) is 20.0 Å². The fourth-order valence-electron chi connectivity index (χ4n) is 1.78. The van der Waals surface area contributed by atoms with Gasteiger partial charge in [0.2, 0.25) is 0 Å². The Labute approximate surface area is 135 Å². The molecule has 124 valence electrons. The van der Waals surface area contributed by atoms with Crippen LogP contribution in [0.4, 0.5) is 18.9 Å². The molecular formula is C14H13ClF3N3O2. The van der Waals surface area contributed by atoms with Gasteiger partial charge in [0.1, 0.15) is 17.1 Å². The van der Waals surface area contributed by atoms with E-state index in [4.69, 9.17) is 16.7 Å². The van der Waals surface area contributed by atoms with E-state index in [1.807, 2.05) is 0 Å². The lowest BCUT2D eigenvalue weighted by molar-refractivity contribution is -0.0500. The Kier molecular flexibility index (Phi) is 6.00. The molecule has 2 N–H and O–H groups in total. The molecule has 2 rings (SSSR count). The highest BCUT2D eigenvalue weighted by atomic mass is 35.5. The van der Waals surface area contributed by atoms with Crippen molar-refractivity contribution < 1.29 is 23.0 Å². The van der Waals surface area contributed by atoms with Crippen LogP contribution in [0.5, 0.6) is 5.75 Å². The summed E-state index contributed by atoms with van der Waals surface area (Å²) in [6.45, 7) is -3.67. The Morgan fingerprint density at radius 2 is 2.00 bits per heavy atom. The predicted molar refractivity (Wildman–Crippen MR) is 79.6 cm³/mol. The second kappa shape index (κ2) is 7.98. The monoisotopic (exact) mass is 347 g/mol. The number of nitrogens with zero attached hydrogens (tertiary/aromatic N) is 2. The van der Waals surface area contributed by atoms with E-state index < -0.39 is 19.4 Å². The molecular weight excluding hydrogens is 335 g/mol. The molecule has 1 atom stereocenters. The summed E-state index contributed by atoms with van der Waals surface area (Å²) in [6, 6.07) is 4.28. The molecule has 0 spiro atoms. The van der Waals surface area contributed by atoms with Crippen LogP contribution in [0.3, 0.4) is 0 Å². The zero-order valence-corrected chi connectivity index (χ0v) is 12.5. The molecule has 2 heterocycles. The minimum absolute atomic E-state index is 0.0794. The van der Waals surface area contributed by atoms with Gasteiger partial charge in [-0.05, 0) is 18.2 Å². The van der Waals surface area contributed by atoms with E-state index in [1.54, 1.807) is 0 Å². The smallest absolute Gasteiger partial charge is 0.387 e. The van der Waals surface area contributed by atoms with Crippen LogP contribution < -0.4 is 10.1 Å². The maximum Gasteiger partial charge on any atom is 0.387 e. The predicted octanol–water partition coefficient (Wildman–Crippen LogP) is 3.14. The molecule has 0 saturated carbocycles. The largest absolute Gasteiger partial charge is 0.433 e. The molecule has 23 heavy (non-hydrogen) atoms. The SMILES string of the molecule is OC[C@@H](F)CNc1cc(Cl)ncc1-c1ccc(OC(F)F)cn1. The molecule has 0 amide bonds. The summed E-state index contributed by atoms with van der Waals surface area (Å²) in [5.74, 6) is -0.0794. The fraction of sp³-hybridized carbons (Fsp3) is 0.286. The number of aromatic nitrogens is 2. The lowest BCUT2D eigenvalue weighted by Gasteiger charge is -2.13. The van der Waals surface area contributed by atoms with E-state index in [0.29, 0.717) is 16.9 Å². The molecule has 0 saturated heterocycles. The second-order valence-electron chi connectivity index (χ2n) is 4.47. The van der Waals surface area contributed by atoms with Gasteiger partial charge in [-0.15, -0.1) is 0 Å². The fourth-order valence-corrected chi connectivity index (χ4v) is 1.94. The van der Waals surface area contributed by atoms with E-state index in [9.17, 15) is 13.2 Å². The lowest BCUT2D eigenvalue weighted by atomic mass is 10.1. The number of rotatable bonds is 7. The molecule has 2 aromatic rings. The zero-order chi connectivity index (χ0) is 16.8. The molecule has 0 aliphatic heterocycles. The van der Waals surface area contributed by atoms with Crippen LogP contribution in [0, 0.1) is 0 Å². The number of aliphatic hydroxyl groups excluding tert-OH is 1. The van der Waals surface area contributed by atoms with Gasteiger partial charge in [-0.2, -0.15) is 8.78 Å². The minimum Gasteiger partial charge on any atom is -0.433 e. The zero-order valence-electron chi connectivity index (χ0n) is 11.7. The molecule has 0 aromatic carbocycles. The Bertz CT molecular complexity index is 644. The standard InChI is InChI=1S/C14H13ClF3N3O2/c15-13-3-12(19-4-8(16)7-22)10(6-21-13)11-2-1-9(5-20-11)23-14(17)18/h1-3,5-6,8,14,22H,4,7H2,(H,19,21)/t8-/m0/s1. The van der Waals surface area contributed by atoms with E-state index >= 15 is 0 Å². The molecule has 2 aromatic heterocycles. The third-order valence-corrected chi connectivity index (χ3v) is 3.03. The first-order chi connectivity index (χ1) is 11.0. The highest BCUT2D eigenvalue weighted by Crippen LogP contribution is 2.29. The quantitative estimate of drug-likeness (QED) is 0.753. The number of ether oxygens (including phenoxy) is 1. The summed E-state index contributed by atoms with van der Waals surface area (Å²) in [4.78, 5) is 7.94. The summed E-state index contributed by atoms with van der Waals surface area (Å²) in [5, 5.41) is 11.7. The van der Waals surface area contributed by atoms with Crippen molar-refractivity contribution in [2.45, 2.75) is 12.8 Å². The van der Waals surface area contributed by atoms with Crippen molar-refractivity contribution in [2.24, 2.45) is 0 Å². The average molecular weight is 348 g/mol. The van der Waals surface area contributed by atoms with E-state index in [1.165, 1.54) is 24.4 Å². The number of hydrogen-bond donors (Lipinski definition) is 2. The van der Waals surface area contributed by atoms with Gasteiger partial charge in [-0.1, -0.05) is 11.6 Å². The maximum absolute atomic E-state index is 13.2. The topological polar surface area (TPSA) is 67.3 Å². The van der Waals surface area contributed by atoms with E-state index in [-0.39, 0.29) is 17.4 Å². The van der Waals surface area contributed by atoms with Gasteiger partial charge in [0.25, 0.3) is 0 Å². The number of pyridine rings is 2. The van der Waals surface area contributed by atoms with Crippen molar-refractivity contribution in [2.75, 3.05) is 18.5 Å². The number of halogens is 4. The van der Waals surface area contributed by atoms with Gasteiger partial charge in [-0.3, -0.25) is 4.98 Å². The molecule has 0 aliphatic carbocycles. The van der Waals surface area contributed by atoms with Crippen LogP contribution >= 0.6 is 11.6 Å². The molecule has 0 bridgehead atoms. The Hall–Kier alpha value is -2.06. The highest BCUT2D eigenvalue weighted by Gasteiger charge is 2.12. The first-order valence-electron chi connectivity index (χ1n) is 6.55. The Balaban J connectivity index is 2.24. The summed E-state index contributed by atoms with van der Waals surface area (Å²) in [6.07, 6.45) is 1.13. The normalized spacial score (nSPS) is 12.3. The first kappa shape index (κ1) is 17.3. The van der Waals surface area contributed by atoms with Gasteiger partial charge >= 0.3 is 6.61 Å². The van der Waals surface area contributed by atoms with Crippen LogP contribution in [-0.2, 0) is 0 Å². The lowest BCUT2D eigenvalue weighted by Crippen LogP contribution is -2.19. The van der Waals surface area contributed by atoms with Crippen molar-refractivity contribution in [1.29, 1.82) is 0 Å². The van der Waals surface area contributed by atoms with Gasteiger partial charge in [0.15, 0.2) is 0 Å². The minimum atomic E-state index is -2.93. The number of alkyl halides is 3. The van der Waals surface area contributed by atoms with Crippen molar-refractivity contribution in [1.82, 2.24) is 9.97 Å². The van der Waals surface area contributed by atoms with Crippen molar-refractivity contribution in [3.63, 3.8) is 0 Å². The molecule has 0 fully saturated rings. The molecule has 9 heteroatoms. The summed E-state index contributed by atoms with van der Waals surface area (Å²) in [5.41, 5.74) is 1.37. The van der Waals surface area contributed by atoms with Crippen molar-refractivity contribution in [3.8, 4) is 17.0 Å². The third-order valence-electron chi connectivity index (χ3n) is 2.82. The van der Waals surface area contributed by atoms with Crippen molar-refractivity contribution in [3.05, 3.63) is 35.7 Å². The van der Waals surface area contributed by atoms with Crippen LogP contribution in [-0.4, -0.2) is 41.0 Å². The number of aliphatic hydroxyl groups is 1. The van der Waals surface area contributed by atoms with Gasteiger partial charge in [0, 0.05) is 24.0 Å². The van der Waals surface area contributed by atoms with Crippen LogP contribution in [0.1, 0.15) is 0 Å². The maximum atomic E-state index is 13.2. The van der Waals surface area contributed by atoms with Gasteiger partial charge in [0.05, 0.1) is 18.5 Å². The number of anilines is 1. The molecule has 0 radical (unpaired) electrons. The Morgan fingerprint density at radius 1 is 1.22 bits per heavy atom. The first-order valence-corrected chi connectivity index (χ1v) is 6.93. The average Bonchev–Trinajstić information content (AvgIpc) is 2.53. The van der Waals surface area contributed by atoms with E-state index in [0.717, 1.165) is 6.20 Å². The summed E-state index contributed by atoms with van der Waals surface area (Å²) < 4.78 is 41.6. The molecule has 0 aliphatic rings. The summed E-state index contributed by atoms with van der Waals surface area (Å²) >= 11 is 5.82. The molecule has 5 nitrogen and oxygen atoms in total. The van der Waals surface area contributed by atoms with Gasteiger partial charge < -0.3 is 15.2 Å². The molecule has 0 unspecified atom stereocenters. The van der Waals surface area contributed by atoms with Crippen LogP contribution in [0.25, 0.3) is 11.3 Å². The Morgan fingerprint density at radius 3 is 2.61 bits per heavy atom. The van der Waals surface area contributed by atoms with Crippen LogP contribution in [0.15, 0.2) is 30.6 Å². The van der Waals surface area contributed by atoms with Gasteiger partial charge in [-0.25, -0.2) is 9.37 Å².